The van der Waals surface area contributed by atoms with Gasteiger partial charge in [0, 0.05) is 47.0 Å². The van der Waals surface area contributed by atoms with Crippen LogP contribution in [0.4, 0.5) is 0 Å². The third-order valence-corrected chi connectivity index (χ3v) is 7.31. The highest BCUT2D eigenvalue weighted by Gasteiger charge is 2.26. The lowest BCUT2D eigenvalue weighted by Crippen LogP contribution is -2.11. The van der Waals surface area contributed by atoms with Crippen LogP contribution in [0.25, 0.3) is 5.57 Å². The van der Waals surface area contributed by atoms with Gasteiger partial charge in [-0.25, -0.2) is 4.79 Å². The van der Waals surface area contributed by atoms with E-state index in [-0.39, 0.29) is 32.0 Å². The summed E-state index contributed by atoms with van der Waals surface area (Å²) in [6.07, 6.45) is 3.96. The molecule has 0 radical (unpaired) electrons. The Morgan fingerprint density at radius 1 is 0.867 bits per heavy atom. The SMILES string of the molecule is CCCOc1cncc(C(=C(Cc2cc3c(cc2OC)OCO3)C(=O)O)c2ccc(OC)cc2OCc2ccccc2CO)c1. The molecule has 0 fully saturated rings. The fourth-order valence-electron chi connectivity index (χ4n) is 5.07. The summed E-state index contributed by atoms with van der Waals surface area (Å²) in [5, 5.41) is 20.6. The molecular formula is C35H35NO9. The monoisotopic (exact) mass is 613 g/mol. The first-order valence-corrected chi connectivity index (χ1v) is 14.5. The number of aliphatic hydroxyl groups is 1. The molecular weight excluding hydrogens is 578 g/mol. The summed E-state index contributed by atoms with van der Waals surface area (Å²) in [6, 6.07) is 17.8. The van der Waals surface area contributed by atoms with Crippen molar-refractivity contribution in [2.75, 3.05) is 27.6 Å². The fourth-order valence-corrected chi connectivity index (χ4v) is 5.07. The molecule has 0 aliphatic carbocycles. The number of rotatable bonds is 14. The Hall–Kier alpha value is -5.22. The van der Waals surface area contributed by atoms with Crippen molar-refractivity contribution in [2.45, 2.75) is 33.0 Å². The van der Waals surface area contributed by atoms with Crippen molar-refractivity contribution in [3.63, 3.8) is 0 Å². The molecule has 1 aromatic heterocycles. The molecule has 0 atom stereocenters. The van der Waals surface area contributed by atoms with Gasteiger partial charge in [0.1, 0.15) is 29.6 Å². The maximum atomic E-state index is 13.2. The minimum Gasteiger partial charge on any atom is -0.497 e. The fraction of sp³-hybridized carbons (Fsp3) is 0.257. The Bertz CT molecular complexity index is 1700. The number of carboxylic acid groups (broad SMARTS) is 1. The Kier molecular flexibility index (Phi) is 10.1. The van der Waals surface area contributed by atoms with E-state index < -0.39 is 5.97 Å². The second kappa shape index (κ2) is 14.5. The van der Waals surface area contributed by atoms with Crippen LogP contribution in [-0.4, -0.2) is 48.8 Å². The molecule has 0 spiro atoms. The van der Waals surface area contributed by atoms with Gasteiger partial charge < -0.3 is 38.6 Å². The smallest absolute Gasteiger partial charge is 0.332 e. The molecule has 1 aliphatic rings. The van der Waals surface area contributed by atoms with Gasteiger partial charge in [-0.05, 0) is 41.8 Å². The van der Waals surface area contributed by atoms with Crippen LogP contribution in [0, 0.1) is 0 Å². The van der Waals surface area contributed by atoms with Gasteiger partial charge in [0.15, 0.2) is 11.5 Å². The Labute approximate surface area is 261 Å². The van der Waals surface area contributed by atoms with Crippen LogP contribution in [0.15, 0.2) is 78.6 Å². The van der Waals surface area contributed by atoms with Crippen LogP contribution >= 0.6 is 0 Å². The minimum atomic E-state index is -1.14. The predicted molar refractivity (Wildman–Crippen MR) is 166 cm³/mol. The molecule has 0 saturated carbocycles. The Morgan fingerprint density at radius 3 is 2.36 bits per heavy atom. The van der Waals surface area contributed by atoms with Crippen LogP contribution in [0.2, 0.25) is 0 Å². The lowest BCUT2D eigenvalue weighted by atomic mass is 9.89. The van der Waals surface area contributed by atoms with E-state index in [1.54, 1.807) is 55.9 Å². The maximum Gasteiger partial charge on any atom is 0.332 e. The van der Waals surface area contributed by atoms with Gasteiger partial charge in [0.05, 0.1) is 39.2 Å². The van der Waals surface area contributed by atoms with E-state index in [9.17, 15) is 15.0 Å². The number of hydrogen-bond donors (Lipinski definition) is 2. The van der Waals surface area contributed by atoms with E-state index in [1.165, 1.54) is 7.11 Å². The molecule has 1 aliphatic heterocycles. The number of hydrogen-bond acceptors (Lipinski definition) is 9. The number of aliphatic hydroxyl groups excluding tert-OH is 1. The maximum absolute atomic E-state index is 13.2. The summed E-state index contributed by atoms with van der Waals surface area (Å²) in [7, 11) is 3.06. The number of carbonyl (C=O) groups is 1. The highest BCUT2D eigenvalue weighted by atomic mass is 16.7. The lowest BCUT2D eigenvalue weighted by molar-refractivity contribution is -0.132. The first kappa shape index (κ1) is 31.2. The number of nitrogens with zero attached hydrogens (tertiary/aromatic N) is 1. The van der Waals surface area contributed by atoms with Gasteiger partial charge in [0.25, 0.3) is 0 Å². The van der Waals surface area contributed by atoms with E-state index in [2.05, 4.69) is 4.98 Å². The summed E-state index contributed by atoms with van der Waals surface area (Å²) in [5.41, 5.74) is 3.58. The first-order valence-electron chi connectivity index (χ1n) is 14.5. The number of pyridine rings is 1. The molecule has 2 heterocycles. The van der Waals surface area contributed by atoms with Crippen molar-refractivity contribution in [2.24, 2.45) is 0 Å². The highest BCUT2D eigenvalue weighted by molar-refractivity contribution is 6.02. The number of aliphatic carboxylic acids is 1. The van der Waals surface area contributed by atoms with E-state index in [0.717, 1.165) is 17.5 Å². The molecule has 0 bridgehead atoms. The number of carboxylic acids is 1. The average Bonchev–Trinajstić information content (AvgIpc) is 3.53. The molecule has 0 unspecified atom stereocenters. The number of aromatic nitrogens is 1. The van der Waals surface area contributed by atoms with Gasteiger partial charge in [-0.1, -0.05) is 31.2 Å². The van der Waals surface area contributed by atoms with Gasteiger partial charge in [-0.15, -0.1) is 0 Å². The standard InChI is InChI=1S/C35H35NO9/c1-4-11-42-27-12-25(17-36-18-27)34(29(35(38)39)13-24-14-32-33(45-21-44-32)16-30(24)41-3)28-10-9-26(40-2)15-31(28)43-20-23-8-6-5-7-22(23)19-37/h5-10,12,14-18,37H,4,11,13,19-21H2,1-3H3,(H,38,39). The molecule has 4 aromatic rings. The first-order chi connectivity index (χ1) is 21.9. The molecule has 3 aromatic carbocycles. The second-order valence-corrected chi connectivity index (χ2v) is 10.2. The van der Waals surface area contributed by atoms with Gasteiger partial charge >= 0.3 is 5.97 Å². The van der Waals surface area contributed by atoms with Crippen molar-refractivity contribution in [1.82, 2.24) is 4.98 Å². The molecule has 5 rings (SSSR count). The van der Waals surface area contributed by atoms with Crippen LogP contribution in [0.3, 0.4) is 0 Å². The van der Waals surface area contributed by atoms with E-state index in [1.807, 2.05) is 31.2 Å². The number of methoxy groups -OCH3 is 2. The van der Waals surface area contributed by atoms with Crippen molar-refractivity contribution >= 4 is 11.5 Å². The summed E-state index contributed by atoms with van der Waals surface area (Å²) in [5.74, 6) is 1.76. The topological polar surface area (TPSA) is 126 Å². The zero-order valence-corrected chi connectivity index (χ0v) is 25.4. The predicted octanol–water partition coefficient (Wildman–Crippen LogP) is 5.82. The van der Waals surface area contributed by atoms with Gasteiger partial charge in [-0.3, -0.25) is 4.98 Å². The van der Waals surface area contributed by atoms with Crippen LogP contribution in [0.5, 0.6) is 34.5 Å². The molecule has 234 valence electrons. The van der Waals surface area contributed by atoms with E-state index in [4.69, 9.17) is 28.4 Å². The number of ether oxygens (including phenoxy) is 6. The molecule has 2 N–H and O–H groups in total. The summed E-state index contributed by atoms with van der Waals surface area (Å²) in [6.45, 7) is 2.52. The van der Waals surface area contributed by atoms with Crippen molar-refractivity contribution in [1.29, 1.82) is 0 Å². The molecule has 45 heavy (non-hydrogen) atoms. The Morgan fingerprint density at radius 2 is 1.64 bits per heavy atom. The Balaban J connectivity index is 1.70. The molecule has 0 saturated heterocycles. The third-order valence-electron chi connectivity index (χ3n) is 7.31. The van der Waals surface area contributed by atoms with Crippen molar-refractivity contribution < 1.29 is 43.4 Å². The number of fused-ring (bicyclic) bond motifs is 1. The van der Waals surface area contributed by atoms with E-state index >= 15 is 0 Å². The molecule has 10 heteroatoms. The number of benzene rings is 3. The van der Waals surface area contributed by atoms with Gasteiger partial charge in [0.2, 0.25) is 6.79 Å². The zero-order valence-electron chi connectivity index (χ0n) is 25.4. The van der Waals surface area contributed by atoms with Crippen LogP contribution in [0.1, 0.15) is 41.2 Å². The molecule has 10 nitrogen and oxygen atoms in total. The van der Waals surface area contributed by atoms with Crippen molar-refractivity contribution in [3.05, 3.63) is 106 Å². The summed E-state index contributed by atoms with van der Waals surface area (Å²) < 4.78 is 34.4. The largest absolute Gasteiger partial charge is 0.497 e. The quantitative estimate of drug-likeness (QED) is 0.168. The zero-order chi connectivity index (χ0) is 31.8. The van der Waals surface area contributed by atoms with Gasteiger partial charge in [-0.2, -0.15) is 0 Å². The summed E-state index contributed by atoms with van der Waals surface area (Å²) >= 11 is 0. The van der Waals surface area contributed by atoms with Crippen LogP contribution < -0.4 is 28.4 Å². The van der Waals surface area contributed by atoms with Crippen LogP contribution in [-0.2, 0) is 24.4 Å². The summed E-state index contributed by atoms with van der Waals surface area (Å²) in [4.78, 5) is 17.6. The average molecular weight is 614 g/mol. The second-order valence-electron chi connectivity index (χ2n) is 10.2. The highest BCUT2D eigenvalue weighted by Crippen LogP contribution is 2.42. The molecule has 0 amide bonds. The minimum absolute atomic E-state index is 0.0245. The van der Waals surface area contributed by atoms with Crippen molar-refractivity contribution in [3.8, 4) is 34.5 Å². The lowest BCUT2D eigenvalue weighted by Gasteiger charge is -2.20. The third kappa shape index (κ3) is 7.13. The normalized spacial score (nSPS) is 12.4. The van der Waals surface area contributed by atoms with E-state index in [0.29, 0.717) is 63.4 Å².